The molecule has 0 aliphatic carbocycles. The van der Waals surface area contributed by atoms with Crippen molar-refractivity contribution in [2.24, 2.45) is 0 Å². The highest BCUT2D eigenvalue weighted by atomic mass is 16.5. The van der Waals surface area contributed by atoms with Gasteiger partial charge in [0.1, 0.15) is 6.04 Å². The summed E-state index contributed by atoms with van der Waals surface area (Å²) in [4.78, 5) is 11.8. The van der Waals surface area contributed by atoms with Crippen LogP contribution in [0.25, 0.3) is 0 Å². The fraction of sp³-hybridized carbons (Fsp3) is 0.692. The number of hydrogen-bond donors (Lipinski definition) is 1. The normalized spacial score (nSPS) is 14.2. The molecular weight excluding hydrogens is 230 g/mol. The molecule has 0 radical (unpaired) electrons. The van der Waals surface area contributed by atoms with Crippen LogP contribution in [0.5, 0.6) is 0 Å². The van der Waals surface area contributed by atoms with Gasteiger partial charge in [0.05, 0.1) is 13.2 Å². The molecule has 2 atom stereocenters. The Morgan fingerprint density at radius 2 is 2.28 bits per heavy atom. The summed E-state index contributed by atoms with van der Waals surface area (Å²) in [6.07, 6.45) is 5.41. The zero-order valence-electron chi connectivity index (χ0n) is 11.4. The Labute approximate surface area is 109 Å². The Morgan fingerprint density at radius 3 is 2.83 bits per heavy atom. The van der Waals surface area contributed by atoms with Gasteiger partial charge in [-0.05, 0) is 26.3 Å². The van der Waals surface area contributed by atoms with Gasteiger partial charge < -0.3 is 10.1 Å². The Balaban J connectivity index is 2.46. The van der Waals surface area contributed by atoms with Gasteiger partial charge in [0, 0.05) is 18.4 Å². The summed E-state index contributed by atoms with van der Waals surface area (Å²) in [5.41, 5.74) is 0. The molecule has 2 unspecified atom stereocenters. The van der Waals surface area contributed by atoms with Crippen molar-refractivity contribution in [2.75, 3.05) is 6.61 Å². The van der Waals surface area contributed by atoms with Crippen molar-refractivity contribution in [1.29, 1.82) is 0 Å². The maximum absolute atomic E-state index is 11.8. The van der Waals surface area contributed by atoms with E-state index in [1.54, 1.807) is 6.20 Å². The van der Waals surface area contributed by atoms with E-state index in [9.17, 15) is 4.79 Å². The molecule has 0 fully saturated rings. The van der Waals surface area contributed by atoms with Crippen LogP contribution in [0.4, 0.5) is 0 Å². The second-order valence-electron chi connectivity index (χ2n) is 4.39. The summed E-state index contributed by atoms with van der Waals surface area (Å²) >= 11 is 0. The van der Waals surface area contributed by atoms with Gasteiger partial charge in [-0.25, -0.2) is 0 Å². The molecule has 0 aromatic carbocycles. The summed E-state index contributed by atoms with van der Waals surface area (Å²) in [5, 5.41) is 7.46. The van der Waals surface area contributed by atoms with E-state index < -0.39 is 0 Å². The Bertz CT molecular complexity index is 338. The van der Waals surface area contributed by atoms with Crippen LogP contribution in [-0.4, -0.2) is 34.4 Å². The van der Waals surface area contributed by atoms with Gasteiger partial charge in [-0.2, -0.15) is 5.10 Å². The van der Waals surface area contributed by atoms with E-state index in [1.165, 1.54) is 0 Å². The van der Waals surface area contributed by atoms with Gasteiger partial charge in [-0.3, -0.25) is 9.48 Å². The minimum Gasteiger partial charge on any atom is -0.465 e. The summed E-state index contributed by atoms with van der Waals surface area (Å²) in [7, 11) is 0. The summed E-state index contributed by atoms with van der Waals surface area (Å²) in [5.74, 6) is -0.160. The van der Waals surface area contributed by atoms with Gasteiger partial charge in [0.2, 0.25) is 0 Å². The maximum atomic E-state index is 11.8. The number of nitrogens with one attached hydrogen (secondary N) is 1. The molecule has 0 saturated carbocycles. The molecule has 1 N–H and O–H groups in total. The molecule has 5 nitrogen and oxygen atoms in total. The second kappa shape index (κ2) is 7.87. The first-order chi connectivity index (χ1) is 8.67. The topological polar surface area (TPSA) is 56.2 Å². The molecular formula is C13H23N3O2. The number of carbonyl (C=O) groups excluding carboxylic acids is 1. The summed E-state index contributed by atoms with van der Waals surface area (Å²) in [6, 6.07) is 1.84. The molecule has 0 amide bonds. The van der Waals surface area contributed by atoms with Crippen LogP contribution in [-0.2, 0) is 16.1 Å². The summed E-state index contributed by atoms with van der Waals surface area (Å²) < 4.78 is 6.92. The smallest absolute Gasteiger partial charge is 0.323 e. The average Bonchev–Trinajstić information content (AvgIpc) is 2.81. The van der Waals surface area contributed by atoms with Crippen molar-refractivity contribution in [3.05, 3.63) is 18.5 Å². The van der Waals surface area contributed by atoms with Crippen LogP contribution in [0, 0.1) is 0 Å². The monoisotopic (exact) mass is 253 g/mol. The van der Waals surface area contributed by atoms with Crippen LogP contribution in [0.15, 0.2) is 18.5 Å². The lowest BCUT2D eigenvalue weighted by Gasteiger charge is -2.21. The van der Waals surface area contributed by atoms with E-state index in [1.807, 2.05) is 30.8 Å². The molecule has 102 valence electrons. The lowest BCUT2D eigenvalue weighted by molar-refractivity contribution is -0.146. The highest BCUT2D eigenvalue weighted by Gasteiger charge is 2.20. The quantitative estimate of drug-likeness (QED) is 0.715. The first-order valence-corrected chi connectivity index (χ1v) is 6.57. The Kier molecular flexibility index (Phi) is 6.43. The molecule has 1 heterocycles. The standard InChI is InChI=1S/C13H23N3O2/c1-4-7-12(13(17)18-5-2)15-11(3)10-16-9-6-8-14-16/h6,8-9,11-12,15H,4-5,7,10H2,1-3H3. The van der Waals surface area contributed by atoms with Gasteiger partial charge in [-0.15, -0.1) is 0 Å². The zero-order chi connectivity index (χ0) is 13.4. The molecule has 1 aromatic rings. The Hall–Kier alpha value is -1.36. The van der Waals surface area contributed by atoms with Crippen molar-refractivity contribution in [3.8, 4) is 0 Å². The van der Waals surface area contributed by atoms with Gasteiger partial charge in [0.15, 0.2) is 0 Å². The molecule has 0 spiro atoms. The van der Waals surface area contributed by atoms with Crippen molar-refractivity contribution in [3.63, 3.8) is 0 Å². The third-order valence-corrected chi connectivity index (χ3v) is 2.65. The first-order valence-electron chi connectivity index (χ1n) is 6.57. The SMILES string of the molecule is CCCC(NC(C)Cn1cccn1)C(=O)OCC. The molecule has 1 rings (SSSR count). The number of carbonyl (C=O) groups is 1. The molecule has 0 aliphatic heterocycles. The maximum Gasteiger partial charge on any atom is 0.323 e. The number of ether oxygens (including phenoxy) is 1. The highest BCUT2D eigenvalue weighted by Crippen LogP contribution is 2.02. The van der Waals surface area contributed by atoms with Gasteiger partial charge in [0.25, 0.3) is 0 Å². The zero-order valence-corrected chi connectivity index (χ0v) is 11.4. The second-order valence-corrected chi connectivity index (χ2v) is 4.39. The van der Waals surface area contributed by atoms with Gasteiger partial charge in [-0.1, -0.05) is 13.3 Å². The van der Waals surface area contributed by atoms with Crippen LogP contribution in [0.1, 0.15) is 33.6 Å². The Morgan fingerprint density at radius 1 is 1.50 bits per heavy atom. The molecule has 0 aliphatic rings. The van der Waals surface area contributed by atoms with Crippen LogP contribution in [0.2, 0.25) is 0 Å². The number of aromatic nitrogens is 2. The predicted octanol–water partition coefficient (Wildman–Crippen LogP) is 1.59. The van der Waals surface area contributed by atoms with Crippen LogP contribution >= 0.6 is 0 Å². The van der Waals surface area contributed by atoms with Crippen molar-refractivity contribution in [1.82, 2.24) is 15.1 Å². The lowest BCUT2D eigenvalue weighted by Crippen LogP contribution is -2.44. The molecule has 0 bridgehead atoms. The van der Waals surface area contributed by atoms with Crippen LogP contribution < -0.4 is 5.32 Å². The van der Waals surface area contributed by atoms with Crippen molar-refractivity contribution >= 4 is 5.97 Å². The third-order valence-electron chi connectivity index (χ3n) is 2.65. The average molecular weight is 253 g/mol. The minimum absolute atomic E-state index is 0.160. The third kappa shape index (κ3) is 4.87. The van der Waals surface area contributed by atoms with E-state index in [-0.39, 0.29) is 18.1 Å². The number of esters is 1. The highest BCUT2D eigenvalue weighted by molar-refractivity contribution is 5.75. The summed E-state index contributed by atoms with van der Waals surface area (Å²) in [6.45, 7) is 7.10. The minimum atomic E-state index is -0.222. The predicted molar refractivity (Wildman–Crippen MR) is 70.2 cm³/mol. The van der Waals surface area contributed by atoms with E-state index in [0.717, 1.165) is 19.4 Å². The van der Waals surface area contributed by atoms with E-state index >= 15 is 0 Å². The van der Waals surface area contributed by atoms with Crippen LogP contribution in [0.3, 0.4) is 0 Å². The fourth-order valence-electron chi connectivity index (χ4n) is 1.89. The van der Waals surface area contributed by atoms with Crippen molar-refractivity contribution in [2.45, 2.75) is 52.2 Å². The van der Waals surface area contributed by atoms with E-state index in [4.69, 9.17) is 4.74 Å². The lowest BCUT2D eigenvalue weighted by atomic mass is 10.1. The van der Waals surface area contributed by atoms with Gasteiger partial charge >= 0.3 is 5.97 Å². The number of hydrogen-bond acceptors (Lipinski definition) is 4. The number of rotatable bonds is 8. The molecule has 5 heteroatoms. The molecule has 18 heavy (non-hydrogen) atoms. The molecule has 1 aromatic heterocycles. The fourth-order valence-corrected chi connectivity index (χ4v) is 1.89. The largest absolute Gasteiger partial charge is 0.465 e. The first kappa shape index (κ1) is 14.7. The number of nitrogens with zero attached hydrogens (tertiary/aromatic N) is 2. The molecule has 0 saturated heterocycles. The van der Waals surface area contributed by atoms with E-state index in [0.29, 0.717) is 6.61 Å². The van der Waals surface area contributed by atoms with Crippen molar-refractivity contribution < 1.29 is 9.53 Å². The van der Waals surface area contributed by atoms with E-state index in [2.05, 4.69) is 17.3 Å².